The number of rotatable bonds is 5. The minimum absolute atomic E-state index is 0.0241. The summed E-state index contributed by atoms with van der Waals surface area (Å²) in [6, 6.07) is 11.1. The van der Waals surface area contributed by atoms with E-state index in [0.717, 1.165) is 31.7 Å². The lowest BCUT2D eigenvalue weighted by molar-refractivity contribution is -0.120. The maximum atomic E-state index is 12.7. The van der Waals surface area contributed by atoms with Crippen LogP contribution in [0.1, 0.15) is 35.0 Å². The zero-order valence-corrected chi connectivity index (χ0v) is 18.0. The first-order valence-electron chi connectivity index (χ1n) is 10.2. The van der Waals surface area contributed by atoms with Crippen LogP contribution in [0.15, 0.2) is 42.6 Å². The third-order valence-corrected chi connectivity index (χ3v) is 6.39. The van der Waals surface area contributed by atoms with Crippen LogP contribution < -0.4 is 10.2 Å². The van der Waals surface area contributed by atoms with Gasteiger partial charge in [-0.3, -0.25) is 4.79 Å². The Morgan fingerprint density at radius 1 is 1.20 bits per heavy atom. The lowest BCUT2D eigenvalue weighted by atomic mass is 9.95. The van der Waals surface area contributed by atoms with Crippen molar-refractivity contribution >= 4 is 44.8 Å². The Morgan fingerprint density at radius 2 is 1.93 bits per heavy atom. The van der Waals surface area contributed by atoms with Crippen LogP contribution in [0.5, 0.6) is 0 Å². The van der Waals surface area contributed by atoms with Crippen LogP contribution in [0.2, 0.25) is 0 Å². The molecular formula is C23H25N3O3S. The number of nitrogens with one attached hydrogen (secondary N) is 1. The topological polar surface area (TPSA) is 71.5 Å². The number of hydrogen-bond acceptors (Lipinski definition) is 6. The first-order chi connectivity index (χ1) is 14.5. The Kier molecular flexibility index (Phi) is 5.99. The van der Waals surface area contributed by atoms with Crippen molar-refractivity contribution in [3.63, 3.8) is 0 Å². The fourth-order valence-corrected chi connectivity index (χ4v) is 4.74. The Labute approximate surface area is 179 Å². The van der Waals surface area contributed by atoms with Gasteiger partial charge in [0.1, 0.15) is 5.82 Å². The van der Waals surface area contributed by atoms with Crippen molar-refractivity contribution in [1.82, 2.24) is 4.98 Å². The summed E-state index contributed by atoms with van der Waals surface area (Å²) in [5, 5.41) is 4.17. The maximum Gasteiger partial charge on any atom is 0.338 e. The van der Waals surface area contributed by atoms with E-state index < -0.39 is 0 Å². The molecule has 156 valence electrons. The van der Waals surface area contributed by atoms with Crippen LogP contribution in [-0.4, -0.2) is 36.6 Å². The molecule has 1 N–H and O–H groups in total. The number of anilines is 2. The highest BCUT2D eigenvalue weighted by Crippen LogP contribution is 2.33. The van der Waals surface area contributed by atoms with E-state index in [2.05, 4.69) is 34.3 Å². The molecule has 0 aliphatic carbocycles. The number of nitrogens with zero attached hydrogens (tertiary/aromatic N) is 2. The van der Waals surface area contributed by atoms with Crippen molar-refractivity contribution in [3.05, 3.63) is 53.0 Å². The second kappa shape index (κ2) is 8.83. The SMILES string of the molecule is CCOC(=O)c1ccc(NC(=O)C2CCN(c3nccc4sc(C)cc34)CC2)cc1. The van der Waals surface area contributed by atoms with Crippen molar-refractivity contribution in [2.45, 2.75) is 26.7 Å². The van der Waals surface area contributed by atoms with Gasteiger partial charge in [0, 0.05) is 45.9 Å². The molecule has 1 saturated heterocycles. The van der Waals surface area contributed by atoms with E-state index in [1.54, 1.807) is 42.5 Å². The van der Waals surface area contributed by atoms with E-state index in [1.807, 2.05) is 6.20 Å². The molecule has 0 bridgehead atoms. The minimum atomic E-state index is -0.354. The van der Waals surface area contributed by atoms with Crippen LogP contribution in [-0.2, 0) is 9.53 Å². The number of aromatic nitrogens is 1. The lowest BCUT2D eigenvalue weighted by Gasteiger charge is -2.32. The summed E-state index contributed by atoms with van der Waals surface area (Å²) in [4.78, 5) is 32.6. The van der Waals surface area contributed by atoms with Crippen molar-refractivity contribution in [2.24, 2.45) is 5.92 Å². The summed E-state index contributed by atoms with van der Waals surface area (Å²) in [7, 11) is 0. The molecule has 0 spiro atoms. The fraction of sp³-hybridized carbons (Fsp3) is 0.348. The molecule has 1 aliphatic rings. The van der Waals surface area contributed by atoms with Gasteiger partial charge in [-0.05, 0) is 63.1 Å². The van der Waals surface area contributed by atoms with Crippen LogP contribution in [0.4, 0.5) is 11.5 Å². The number of amides is 1. The average Bonchev–Trinajstić information content (AvgIpc) is 3.14. The first kappa shape index (κ1) is 20.3. The zero-order valence-electron chi connectivity index (χ0n) is 17.2. The van der Waals surface area contributed by atoms with Gasteiger partial charge in [0.25, 0.3) is 0 Å². The Morgan fingerprint density at radius 3 is 2.63 bits per heavy atom. The van der Waals surface area contributed by atoms with Crippen molar-refractivity contribution < 1.29 is 14.3 Å². The van der Waals surface area contributed by atoms with Crippen LogP contribution in [0.3, 0.4) is 0 Å². The molecule has 1 aliphatic heterocycles. The number of carbonyl (C=O) groups is 2. The number of benzene rings is 1. The Bertz CT molecular complexity index is 1050. The molecule has 3 heterocycles. The molecule has 2 aromatic heterocycles. The van der Waals surface area contributed by atoms with Gasteiger partial charge in [-0.2, -0.15) is 0 Å². The number of aryl methyl sites for hydroxylation is 1. The smallest absolute Gasteiger partial charge is 0.338 e. The molecule has 0 saturated carbocycles. The molecule has 7 heteroatoms. The van der Waals surface area contributed by atoms with E-state index in [1.165, 1.54) is 15.0 Å². The van der Waals surface area contributed by atoms with E-state index in [-0.39, 0.29) is 17.8 Å². The zero-order chi connectivity index (χ0) is 21.1. The lowest BCUT2D eigenvalue weighted by Crippen LogP contribution is -2.38. The Hall–Kier alpha value is -2.93. The monoisotopic (exact) mass is 423 g/mol. The quantitative estimate of drug-likeness (QED) is 0.606. The highest BCUT2D eigenvalue weighted by atomic mass is 32.1. The molecule has 3 aromatic rings. The third-order valence-electron chi connectivity index (χ3n) is 5.38. The molecule has 30 heavy (non-hydrogen) atoms. The van der Waals surface area contributed by atoms with Gasteiger partial charge >= 0.3 is 5.97 Å². The summed E-state index contributed by atoms with van der Waals surface area (Å²) < 4.78 is 6.24. The van der Waals surface area contributed by atoms with Crippen LogP contribution >= 0.6 is 11.3 Å². The molecule has 6 nitrogen and oxygen atoms in total. The van der Waals surface area contributed by atoms with E-state index in [9.17, 15) is 9.59 Å². The van der Waals surface area contributed by atoms with Crippen molar-refractivity contribution in [2.75, 3.05) is 29.9 Å². The van der Waals surface area contributed by atoms with E-state index in [4.69, 9.17) is 4.74 Å². The summed E-state index contributed by atoms with van der Waals surface area (Å²) in [5.41, 5.74) is 1.17. The number of carbonyl (C=O) groups excluding carboxylic acids is 2. The number of fused-ring (bicyclic) bond motifs is 1. The third kappa shape index (κ3) is 4.31. The maximum absolute atomic E-state index is 12.7. The number of piperidine rings is 1. The minimum Gasteiger partial charge on any atom is -0.462 e. The largest absolute Gasteiger partial charge is 0.462 e. The molecule has 1 aromatic carbocycles. The number of esters is 1. The second-order valence-corrected chi connectivity index (χ2v) is 8.74. The molecule has 1 fully saturated rings. The van der Waals surface area contributed by atoms with Crippen LogP contribution in [0.25, 0.3) is 10.1 Å². The number of thiophene rings is 1. The predicted molar refractivity (Wildman–Crippen MR) is 120 cm³/mol. The molecule has 4 rings (SSSR count). The van der Waals surface area contributed by atoms with Crippen molar-refractivity contribution in [1.29, 1.82) is 0 Å². The van der Waals surface area contributed by atoms with Crippen LogP contribution in [0, 0.1) is 12.8 Å². The second-order valence-electron chi connectivity index (χ2n) is 7.45. The van der Waals surface area contributed by atoms with Gasteiger partial charge in [0.05, 0.1) is 12.2 Å². The molecule has 1 amide bonds. The highest BCUT2D eigenvalue weighted by Gasteiger charge is 2.26. The number of ether oxygens (including phenoxy) is 1. The summed E-state index contributed by atoms with van der Waals surface area (Å²) >= 11 is 1.78. The van der Waals surface area contributed by atoms with Gasteiger partial charge in [-0.25, -0.2) is 9.78 Å². The molecule has 0 atom stereocenters. The van der Waals surface area contributed by atoms with Gasteiger partial charge in [0.2, 0.25) is 5.91 Å². The summed E-state index contributed by atoms with van der Waals surface area (Å²) in [6.07, 6.45) is 3.44. The summed E-state index contributed by atoms with van der Waals surface area (Å²) in [5.74, 6) is 0.655. The Balaban J connectivity index is 1.36. The van der Waals surface area contributed by atoms with Gasteiger partial charge in [-0.15, -0.1) is 11.3 Å². The van der Waals surface area contributed by atoms with E-state index >= 15 is 0 Å². The van der Waals surface area contributed by atoms with E-state index in [0.29, 0.717) is 17.9 Å². The number of hydrogen-bond donors (Lipinski definition) is 1. The summed E-state index contributed by atoms with van der Waals surface area (Å²) in [6.45, 7) is 5.84. The normalized spacial score (nSPS) is 14.7. The fourth-order valence-electron chi connectivity index (χ4n) is 3.83. The molecule has 0 radical (unpaired) electrons. The number of pyridine rings is 1. The first-order valence-corrected chi connectivity index (χ1v) is 11.0. The molecule has 0 unspecified atom stereocenters. The van der Waals surface area contributed by atoms with Crippen molar-refractivity contribution in [3.8, 4) is 0 Å². The molecular weight excluding hydrogens is 398 g/mol. The predicted octanol–water partition coefficient (Wildman–Crippen LogP) is 4.64. The average molecular weight is 424 g/mol. The standard InChI is InChI=1S/C23H25N3O3S/c1-3-29-23(28)17-4-6-18(7-5-17)25-22(27)16-9-12-26(13-10-16)21-19-14-15(2)30-20(19)8-11-24-21/h4-8,11,14,16H,3,9-10,12-13H2,1-2H3,(H,25,27). The highest BCUT2D eigenvalue weighted by molar-refractivity contribution is 7.19. The van der Waals surface area contributed by atoms with Gasteiger partial charge < -0.3 is 15.0 Å². The van der Waals surface area contributed by atoms with Gasteiger partial charge in [-0.1, -0.05) is 0 Å². The van der Waals surface area contributed by atoms with Gasteiger partial charge in [0.15, 0.2) is 0 Å².